The van der Waals surface area contributed by atoms with Crippen LogP contribution >= 0.6 is 22.7 Å². The van der Waals surface area contributed by atoms with Crippen LogP contribution in [0.25, 0.3) is 10.2 Å². The minimum absolute atomic E-state index is 0.593. The second-order valence-electron chi connectivity index (χ2n) is 5.64. The minimum Gasteiger partial charge on any atom is -0.497 e. The molecule has 3 aromatic heterocycles. The van der Waals surface area contributed by atoms with Crippen molar-refractivity contribution in [2.75, 3.05) is 12.2 Å². The number of aromatic nitrogens is 2. The minimum atomic E-state index is 0.593. The van der Waals surface area contributed by atoms with Crippen LogP contribution in [0.1, 0.15) is 9.75 Å². The highest BCUT2D eigenvalue weighted by Gasteiger charge is 2.18. The predicted molar refractivity (Wildman–Crippen MR) is 107 cm³/mol. The second-order valence-corrected chi connectivity index (χ2v) is 8.03. The zero-order valence-electron chi connectivity index (χ0n) is 14.6. The van der Waals surface area contributed by atoms with Crippen LogP contribution in [0.2, 0.25) is 0 Å². The molecule has 0 bridgehead atoms. The van der Waals surface area contributed by atoms with Crippen LogP contribution in [-0.2, 0) is 0 Å². The number of aryl methyl sites for hydroxylation is 2. The maximum Gasteiger partial charge on any atom is 0.304 e. The maximum atomic E-state index is 6.16. The van der Waals surface area contributed by atoms with Crippen LogP contribution in [-0.4, -0.2) is 17.1 Å². The van der Waals surface area contributed by atoms with Gasteiger partial charge in [-0.15, -0.1) is 11.3 Å². The van der Waals surface area contributed by atoms with Crippen molar-refractivity contribution in [2.45, 2.75) is 13.8 Å². The Labute approximate surface area is 159 Å². The summed E-state index contributed by atoms with van der Waals surface area (Å²) in [5, 5.41) is 2.28. The van der Waals surface area contributed by atoms with E-state index in [-0.39, 0.29) is 0 Å². The first-order valence-corrected chi connectivity index (χ1v) is 9.68. The topological polar surface area (TPSA) is 47.5 Å². The van der Waals surface area contributed by atoms with E-state index in [2.05, 4.69) is 23.8 Å². The van der Waals surface area contributed by atoms with Gasteiger partial charge in [0.05, 0.1) is 23.0 Å². The van der Waals surface area contributed by atoms with Crippen LogP contribution in [0.15, 0.2) is 48.7 Å². The molecule has 4 rings (SSSR count). The fourth-order valence-electron chi connectivity index (χ4n) is 2.64. The highest BCUT2D eigenvalue weighted by atomic mass is 32.1. The molecule has 0 N–H and O–H groups in total. The number of ether oxygens (including phenoxy) is 1. The first kappa shape index (κ1) is 16.8. The summed E-state index contributed by atoms with van der Waals surface area (Å²) in [5.41, 5.74) is 1.86. The van der Waals surface area contributed by atoms with Crippen LogP contribution in [0.3, 0.4) is 0 Å². The third kappa shape index (κ3) is 3.11. The summed E-state index contributed by atoms with van der Waals surface area (Å²) < 4.78 is 6.42. The number of benzene rings is 1. The molecule has 0 aliphatic heterocycles. The number of anilines is 2. The van der Waals surface area contributed by atoms with Gasteiger partial charge in [-0.3, -0.25) is 0 Å². The highest BCUT2D eigenvalue weighted by Crippen LogP contribution is 2.38. The van der Waals surface area contributed by atoms with Crippen molar-refractivity contribution in [3.05, 3.63) is 58.4 Å². The van der Waals surface area contributed by atoms with E-state index in [1.165, 1.54) is 14.5 Å². The van der Waals surface area contributed by atoms with Crippen molar-refractivity contribution in [3.8, 4) is 10.9 Å². The van der Waals surface area contributed by atoms with E-state index in [9.17, 15) is 0 Å². The molecular formula is C19H17N3O2S2. The van der Waals surface area contributed by atoms with Crippen molar-refractivity contribution in [3.63, 3.8) is 0 Å². The fraction of sp³-hybridized carbons (Fsp3) is 0.158. The zero-order chi connectivity index (χ0) is 18.1. The average molecular weight is 383 g/mol. The Morgan fingerprint density at radius 3 is 2.42 bits per heavy atom. The zero-order valence-corrected chi connectivity index (χ0v) is 16.2. The fourth-order valence-corrected chi connectivity index (χ4v) is 4.71. The summed E-state index contributed by atoms with van der Waals surface area (Å²) in [4.78, 5) is 17.7. The molecule has 0 radical (unpaired) electrons. The molecule has 132 valence electrons. The summed E-state index contributed by atoms with van der Waals surface area (Å²) in [6.45, 7) is 4.20. The number of nitrogens with zero attached hydrogens (tertiary/aromatic N) is 3. The summed E-state index contributed by atoms with van der Waals surface area (Å²) in [6, 6.07) is 13.3. The SMILES string of the molecule is COc1ccc(N(Oc2nc3c(C)sc(C)c3s2)c2ccccn2)cc1. The van der Waals surface area contributed by atoms with Gasteiger partial charge in [0, 0.05) is 16.0 Å². The van der Waals surface area contributed by atoms with E-state index in [1.54, 1.807) is 41.0 Å². The second kappa shape index (κ2) is 6.93. The van der Waals surface area contributed by atoms with Crippen molar-refractivity contribution >= 4 is 44.4 Å². The van der Waals surface area contributed by atoms with E-state index in [0.29, 0.717) is 11.0 Å². The molecular weight excluding hydrogens is 366 g/mol. The molecule has 5 nitrogen and oxygen atoms in total. The first-order valence-electron chi connectivity index (χ1n) is 8.05. The molecule has 7 heteroatoms. The van der Waals surface area contributed by atoms with Gasteiger partial charge in [0.2, 0.25) is 0 Å². The third-order valence-corrected chi connectivity index (χ3v) is 6.08. The average Bonchev–Trinajstić information content (AvgIpc) is 3.21. The molecule has 0 spiro atoms. The Bertz CT molecular complexity index is 992. The Morgan fingerprint density at radius 2 is 1.77 bits per heavy atom. The number of rotatable bonds is 5. The lowest BCUT2D eigenvalue weighted by atomic mass is 10.3. The van der Waals surface area contributed by atoms with E-state index in [1.807, 2.05) is 42.5 Å². The van der Waals surface area contributed by atoms with Gasteiger partial charge in [-0.05, 0) is 50.2 Å². The number of thiazole rings is 1. The van der Waals surface area contributed by atoms with Crippen LogP contribution < -0.4 is 14.6 Å². The molecule has 26 heavy (non-hydrogen) atoms. The lowest BCUT2D eigenvalue weighted by Crippen LogP contribution is -2.22. The summed E-state index contributed by atoms with van der Waals surface area (Å²) >= 11 is 3.32. The van der Waals surface area contributed by atoms with Gasteiger partial charge >= 0.3 is 5.19 Å². The number of fused-ring (bicyclic) bond motifs is 1. The van der Waals surface area contributed by atoms with Crippen molar-refractivity contribution in [1.29, 1.82) is 0 Å². The van der Waals surface area contributed by atoms with Crippen LogP contribution in [0.4, 0.5) is 11.5 Å². The molecule has 1 aromatic carbocycles. The normalized spacial score (nSPS) is 10.9. The Kier molecular flexibility index (Phi) is 4.48. The van der Waals surface area contributed by atoms with E-state index in [4.69, 9.17) is 9.57 Å². The van der Waals surface area contributed by atoms with Gasteiger partial charge < -0.3 is 9.57 Å². The van der Waals surface area contributed by atoms with Gasteiger partial charge in [0.25, 0.3) is 0 Å². The molecule has 0 fully saturated rings. The Hall–Kier alpha value is -2.64. The van der Waals surface area contributed by atoms with E-state index >= 15 is 0 Å². The molecule has 4 aromatic rings. The molecule has 0 aliphatic carbocycles. The molecule has 0 unspecified atom stereocenters. The standard InChI is InChI=1S/C19H17N3O2S2/c1-12-17-18(13(2)25-12)26-19(21-17)24-22(16-6-4-5-11-20-16)14-7-9-15(23-3)10-8-14/h4-11H,1-3H3. The molecule has 3 heterocycles. The Balaban J connectivity index is 1.73. The van der Waals surface area contributed by atoms with E-state index < -0.39 is 0 Å². The third-order valence-electron chi connectivity index (χ3n) is 3.90. The Morgan fingerprint density at radius 1 is 0.962 bits per heavy atom. The van der Waals surface area contributed by atoms with Crippen molar-refractivity contribution < 1.29 is 9.57 Å². The number of hydrogen-bond acceptors (Lipinski definition) is 7. The van der Waals surface area contributed by atoms with Gasteiger partial charge in [-0.25, -0.2) is 4.98 Å². The van der Waals surface area contributed by atoms with Gasteiger partial charge in [-0.1, -0.05) is 17.4 Å². The monoisotopic (exact) mass is 383 g/mol. The number of methoxy groups -OCH3 is 1. The quantitative estimate of drug-likeness (QED) is 0.425. The number of pyridine rings is 1. The van der Waals surface area contributed by atoms with Crippen molar-refractivity contribution in [1.82, 2.24) is 9.97 Å². The summed E-state index contributed by atoms with van der Waals surface area (Å²) in [5.74, 6) is 1.47. The summed E-state index contributed by atoms with van der Waals surface area (Å²) in [6.07, 6.45) is 1.74. The molecule has 0 saturated carbocycles. The van der Waals surface area contributed by atoms with Gasteiger partial charge in [-0.2, -0.15) is 10.0 Å². The van der Waals surface area contributed by atoms with Crippen LogP contribution in [0, 0.1) is 13.8 Å². The van der Waals surface area contributed by atoms with E-state index in [0.717, 1.165) is 17.0 Å². The molecule has 0 amide bonds. The van der Waals surface area contributed by atoms with Crippen molar-refractivity contribution in [2.24, 2.45) is 0 Å². The van der Waals surface area contributed by atoms with Crippen LogP contribution in [0.5, 0.6) is 10.9 Å². The number of thiophene rings is 1. The van der Waals surface area contributed by atoms with Gasteiger partial charge in [0.15, 0.2) is 5.82 Å². The summed E-state index contributed by atoms with van der Waals surface area (Å²) in [7, 11) is 1.65. The smallest absolute Gasteiger partial charge is 0.304 e. The first-order chi connectivity index (χ1) is 12.7. The molecule has 0 saturated heterocycles. The lowest BCUT2D eigenvalue weighted by Gasteiger charge is -2.21. The highest BCUT2D eigenvalue weighted by molar-refractivity contribution is 7.25. The maximum absolute atomic E-state index is 6.16. The molecule has 0 aliphatic rings. The largest absolute Gasteiger partial charge is 0.497 e. The van der Waals surface area contributed by atoms with Gasteiger partial charge in [0.1, 0.15) is 5.75 Å². The molecule has 0 atom stereocenters. The lowest BCUT2D eigenvalue weighted by molar-refractivity contribution is 0.319. The number of hydrogen-bond donors (Lipinski definition) is 0. The predicted octanol–water partition coefficient (Wildman–Crippen LogP) is 5.51.